The first-order valence-electron chi connectivity index (χ1n) is 8.47. The Morgan fingerprint density at radius 1 is 1.11 bits per heavy atom. The molecule has 0 fully saturated rings. The van der Waals surface area contributed by atoms with E-state index in [0.717, 1.165) is 16.1 Å². The van der Waals surface area contributed by atoms with Crippen molar-refractivity contribution in [1.82, 2.24) is 5.32 Å². The molecule has 0 bridgehead atoms. The molecule has 0 unspecified atom stereocenters. The summed E-state index contributed by atoms with van der Waals surface area (Å²) in [6.45, 7) is 4.10. The van der Waals surface area contributed by atoms with Gasteiger partial charge in [-0.15, -0.1) is 0 Å². The summed E-state index contributed by atoms with van der Waals surface area (Å²) in [5.41, 5.74) is 2.47. The van der Waals surface area contributed by atoms with E-state index < -0.39 is 22.5 Å². The number of nitrogens with zero attached hydrogens (tertiary/aromatic N) is 1. The van der Waals surface area contributed by atoms with Crippen LogP contribution in [0.1, 0.15) is 11.1 Å². The van der Waals surface area contributed by atoms with Crippen molar-refractivity contribution in [1.29, 1.82) is 0 Å². The van der Waals surface area contributed by atoms with Crippen LogP contribution in [0.5, 0.6) is 5.75 Å². The molecular weight excluding hydrogens is 423 g/mol. The zero-order valence-electron chi connectivity index (χ0n) is 15.8. The summed E-state index contributed by atoms with van der Waals surface area (Å²) in [7, 11) is -3.72. The van der Waals surface area contributed by atoms with Gasteiger partial charge in [-0.3, -0.25) is 9.10 Å². The predicted molar refractivity (Wildman–Crippen MR) is 113 cm³/mol. The first kappa shape index (κ1) is 22.3. The van der Waals surface area contributed by atoms with E-state index in [2.05, 4.69) is 5.32 Å². The van der Waals surface area contributed by atoms with Gasteiger partial charge in [-0.2, -0.15) is 0 Å². The molecule has 2 aromatic rings. The largest absolute Gasteiger partial charge is 0.492 e. The van der Waals surface area contributed by atoms with Crippen LogP contribution in [0.4, 0.5) is 5.69 Å². The summed E-state index contributed by atoms with van der Waals surface area (Å²) in [5.74, 6) is 0.239. The highest BCUT2D eigenvalue weighted by Gasteiger charge is 2.23. The van der Waals surface area contributed by atoms with Crippen molar-refractivity contribution in [3.8, 4) is 5.75 Å². The van der Waals surface area contributed by atoms with Crippen molar-refractivity contribution in [2.45, 2.75) is 13.8 Å². The third kappa shape index (κ3) is 6.29. The molecule has 0 aliphatic heterocycles. The molecule has 0 aliphatic rings. The maximum absolute atomic E-state index is 12.2. The molecule has 0 radical (unpaired) electrons. The zero-order valence-corrected chi connectivity index (χ0v) is 18.2. The Kier molecular flexibility index (Phi) is 7.57. The van der Waals surface area contributed by atoms with Gasteiger partial charge in [0, 0.05) is 5.02 Å². The van der Waals surface area contributed by atoms with Crippen molar-refractivity contribution in [2.24, 2.45) is 0 Å². The monoisotopic (exact) mass is 444 g/mol. The number of hydrogen-bond acceptors (Lipinski definition) is 4. The Balaban J connectivity index is 1.94. The second kappa shape index (κ2) is 9.49. The minimum absolute atomic E-state index is 0.142. The van der Waals surface area contributed by atoms with Crippen LogP contribution in [0.3, 0.4) is 0 Å². The molecule has 6 nitrogen and oxygen atoms in total. The Morgan fingerprint density at radius 3 is 2.43 bits per heavy atom. The number of rotatable bonds is 8. The van der Waals surface area contributed by atoms with Gasteiger partial charge in [-0.05, 0) is 55.3 Å². The SMILES string of the molecule is Cc1ccc(OCCNC(=O)CN(c2ccc(Cl)cc2Cl)S(C)(=O)=O)cc1C. The number of ether oxygens (including phenoxy) is 1. The van der Waals surface area contributed by atoms with E-state index in [1.54, 1.807) is 0 Å². The first-order chi connectivity index (χ1) is 13.1. The average molecular weight is 445 g/mol. The summed E-state index contributed by atoms with van der Waals surface area (Å²) in [5, 5.41) is 3.16. The van der Waals surface area contributed by atoms with Gasteiger partial charge in [-0.1, -0.05) is 29.3 Å². The van der Waals surface area contributed by atoms with E-state index in [-0.39, 0.29) is 23.9 Å². The van der Waals surface area contributed by atoms with Crippen LogP contribution >= 0.6 is 23.2 Å². The number of carbonyl (C=O) groups excluding carboxylic acids is 1. The minimum atomic E-state index is -3.72. The topological polar surface area (TPSA) is 75.7 Å². The molecule has 0 atom stereocenters. The molecule has 1 N–H and O–H groups in total. The van der Waals surface area contributed by atoms with Gasteiger partial charge in [0.1, 0.15) is 18.9 Å². The second-order valence-corrected chi connectivity index (χ2v) is 9.06. The minimum Gasteiger partial charge on any atom is -0.492 e. The number of benzene rings is 2. The Hall–Kier alpha value is -1.96. The molecule has 2 aromatic carbocycles. The fourth-order valence-electron chi connectivity index (χ4n) is 2.41. The van der Waals surface area contributed by atoms with Crippen LogP contribution in [0, 0.1) is 13.8 Å². The van der Waals surface area contributed by atoms with E-state index in [1.807, 2.05) is 32.0 Å². The van der Waals surface area contributed by atoms with Gasteiger partial charge in [0.15, 0.2) is 0 Å². The fraction of sp³-hybridized carbons (Fsp3) is 0.316. The van der Waals surface area contributed by atoms with E-state index in [4.69, 9.17) is 27.9 Å². The van der Waals surface area contributed by atoms with Crippen LogP contribution in [-0.4, -0.2) is 40.3 Å². The highest BCUT2D eigenvalue weighted by molar-refractivity contribution is 7.92. The number of amides is 1. The number of hydrogen-bond donors (Lipinski definition) is 1. The molecule has 1 amide bonds. The maximum Gasteiger partial charge on any atom is 0.240 e. The number of nitrogens with one attached hydrogen (secondary N) is 1. The molecule has 0 aliphatic carbocycles. The van der Waals surface area contributed by atoms with Crippen LogP contribution in [-0.2, 0) is 14.8 Å². The highest BCUT2D eigenvalue weighted by Crippen LogP contribution is 2.30. The van der Waals surface area contributed by atoms with Gasteiger partial charge >= 0.3 is 0 Å². The lowest BCUT2D eigenvalue weighted by Gasteiger charge is -2.23. The van der Waals surface area contributed by atoms with Gasteiger partial charge in [0.25, 0.3) is 0 Å². The highest BCUT2D eigenvalue weighted by atomic mass is 35.5. The molecule has 9 heteroatoms. The molecular formula is C19H22Cl2N2O4S. The Morgan fingerprint density at radius 2 is 1.82 bits per heavy atom. The molecule has 0 spiro atoms. The summed E-state index contributed by atoms with van der Waals surface area (Å²) in [6.07, 6.45) is 1.01. The van der Waals surface area contributed by atoms with Crippen molar-refractivity contribution in [3.05, 3.63) is 57.6 Å². The van der Waals surface area contributed by atoms with E-state index in [0.29, 0.717) is 10.8 Å². The standard InChI is InChI=1S/C19H22Cl2N2O4S/c1-13-4-6-16(10-14(13)2)27-9-8-22-19(24)12-23(28(3,25)26)18-7-5-15(20)11-17(18)21/h4-7,10-11H,8-9,12H2,1-3H3,(H,22,24). The van der Waals surface area contributed by atoms with E-state index >= 15 is 0 Å². The Bertz CT molecular complexity index is 964. The van der Waals surface area contributed by atoms with Crippen molar-refractivity contribution >= 4 is 44.8 Å². The van der Waals surface area contributed by atoms with Crippen molar-refractivity contribution in [2.75, 3.05) is 30.3 Å². The quantitative estimate of drug-likeness (QED) is 0.631. The smallest absolute Gasteiger partial charge is 0.240 e. The third-order valence-electron chi connectivity index (χ3n) is 4.04. The summed E-state index contributed by atoms with van der Waals surface area (Å²) < 4.78 is 30.8. The van der Waals surface area contributed by atoms with Crippen molar-refractivity contribution in [3.63, 3.8) is 0 Å². The molecule has 0 aromatic heterocycles. The zero-order chi connectivity index (χ0) is 20.9. The molecule has 28 heavy (non-hydrogen) atoms. The molecule has 0 saturated carbocycles. The van der Waals surface area contributed by atoms with Gasteiger partial charge in [0.05, 0.1) is 23.5 Å². The number of halogens is 2. The summed E-state index contributed by atoms with van der Waals surface area (Å²) in [6, 6.07) is 10.1. The fourth-order valence-corrected chi connectivity index (χ4v) is 3.84. The lowest BCUT2D eigenvalue weighted by atomic mass is 10.1. The van der Waals surface area contributed by atoms with Gasteiger partial charge in [-0.25, -0.2) is 8.42 Å². The van der Waals surface area contributed by atoms with Crippen molar-refractivity contribution < 1.29 is 17.9 Å². The number of aryl methyl sites for hydroxylation is 2. The lowest BCUT2D eigenvalue weighted by Crippen LogP contribution is -2.41. The average Bonchev–Trinajstić information content (AvgIpc) is 2.59. The van der Waals surface area contributed by atoms with Crippen LogP contribution in [0.25, 0.3) is 0 Å². The predicted octanol–water partition coefficient (Wildman–Crippen LogP) is 3.57. The maximum atomic E-state index is 12.2. The summed E-state index contributed by atoms with van der Waals surface area (Å²) in [4.78, 5) is 12.2. The lowest BCUT2D eigenvalue weighted by molar-refractivity contribution is -0.119. The number of carbonyl (C=O) groups is 1. The molecule has 0 saturated heterocycles. The number of anilines is 1. The van der Waals surface area contributed by atoms with Crippen LogP contribution < -0.4 is 14.4 Å². The Labute approximate surface area is 175 Å². The first-order valence-corrected chi connectivity index (χ1v) is 11.1. The van der Waals surface area contributed by atoms with Crippen LogP contribution in [0.2, 0.25) is 10.0 Å². The van der Waals surface area contributed by atoms with E-state index in [9.17, 15) is 13.2 Å². The molecule has 0 heterocycles. The van der Waals surface area contributed by atoms with E-state index in [1.165, 1.54) is 23.8 Å². The number of sulfonamides is 1. The van der Waals surface area contributed by atoms with Gasteiger partial charge in [0.2, 0.25) is 15.9 Å². The molecule has 2 rings (SSSR count). The van der Waals surface area contributed by atoms with Crippen LogP contribution in [0.15, 0.2) is 36.4 Å². The normalized spacial score (nSPS) is 11.2. The molecule has 152 valence electrons. The van der Waals surface area contributed by atoms with Gasteiger partial charge < -0.3 is 10.1 Å². The third-order valence-corrected chi connectivity index (χ3v) is 5.70. The summed E-state index contributed by atoms with van der Waals surface area (Å²) >= 11 is 11.9. The second-order valence-electron chi connectivity index (χ2n) is 6.31.